The summed E-state index contributed by atoms with van der Waals surface area (Å²) in [5, 5.41) is 9.16. The fourth-order valence-corrected chi connectivity index (χ4v) is 0.742. The van der Waals surface area contributed by atoms with Crippen molar-refractivity contribution in [3.63, 3.8) is 0 Å². The topological polar surface area (TPSA) is 124 Å². The number of rotatable bonds is 0. The van der Waals surface area contributed by atoms with E-state index in [1.807, 2.05) is 0 Å². The number of phenolic OH excluding ortho intramolecular Hbond substituents is 1. The fourth-order valence-electron chi connectivity index (χ4n) is 0.742. The van der Waals surface area contributed by atoms with Gasteiger partial charge in [-0.05, 0) is 6.07 Å². The van der Waals surface area contributed by atoms with E-state index in [2.05, 4.69) is 0 Å². The number of benzene rings is 1. The van der Waals surface area contributed by atoms with Crippen LogP contribution in [0, 0.1) is 0 Å². The van der Waals surface area contributed by atoms with Crippen LogP contribution in [0.2, 0.25) is 0 Å². The van der Waals surface area contributed by atoms with Crippen LogP contribution in [0.1, 0.15) is 0 Å². The molecule has 0 radical (unpaired) electrons. The van der Waals surface area contributed by atoms with Gasteiger partial charge >= 0.3 is 0 Å². The summed E-state index contributed by atoms with van der Waals surface area (Å²) < 4.78 is 0. The molecule has 9 N–H and O–H groups in total. The van der Waals surface area contributed by atoms with Crippen LogP contribution in [-0.2, 0) is 0 Å². The summed E-state index contributed by atoms with van der Waals surface area (Å²) in [6.07, 6.45) is 0. The summed E-state index contributed by atoms with van der Waals surface area (Å²) in [6.45, 7) is 0. The first-order chi connectivity index (χ1) is 5.04. The van der Waals surface area contributed by atoms with Crippen LogP contribution in [0.5, 0.6) is 5.75 Å². The molecule has 0 aliphatic carbocycles. The summed E-state index contributed by atoms with van der Waals surface area (Å²) in [5.74, 6) is -0.248. The SMILES string of the molecule is Nc1cc(N)c(N)c(O)c1N. The highest BCUT2D eigenvalue weighted by Crippen LogP contribution is 2.36. The minimum absolute atomic E-state index is 0.0664. The molecule has 0 heterocycles. The van der Waals surface area contributed by atoms with Gasteiger partial charge in [-0.1, -0.05) is 0 Å². The maximum Gasteiger partial charge on any atom is 0.165 e. The highest BCUT2D eigenvalue weighted by Gasteiger charge is 2.08. The Morgan fingerprint density at radius 2 is 1.27 bits per heavy atom. The van der Waals surface area contributed by atoms with Gasteiger partial charge in [-0.3, -0.25) is 0 Å². The van der Waals surface area contributed by atoms with Gasteiger partial charge in [-0.15, -0.1) is 0 Å². The number of nitrogen functional groups attached to an aromatic ring is 4. The van der Waals surface area contributed by atoms with E-state index in [1.165, 1.54) is 6.07 Å². The van der Waals surface area contributed by atoms with E-state index in [0.717, 1.165) is 0 Å². The Morgan fingerprint density at radius 3 is 1.64 bits per heavy atom. The molecule has 5 heteroatoms. The largest absolute Gasteiger partial charge is 0.504 e. The van der Waals surface area contributed by atoms with Gasteiger partial charge in [0, 0.05) is 0 Å². The standard InChI is InChI=1S/C6H10N4O/c7-2-1-3(8)5(10)6(11)4(2)9/h1,11H,7-10H2. The summed E-state index contributed by atoms with van der Waals surface area (Å²) in [7, 11) is 0. The molecule has 0 saturated carbocycles. The lowest BCUT2D eigenvalue weighted by Gasteiger charge is -2.07. The second-order valence-electron chi connectivity index (χ2n) is 2.23. The third-order valence-corrected chi connectivity index (χ3v) is 1.44. The average Bonchev–Trinajstić information content (AvgIpc) is 1.97. The molecular formula is C6H10N4O. The number of anilines is 4. The molecule has 0 saturated heterocycles. The van der Waals surface area contributed by atoms with E-state index >= 15 is 0 Å². The smallest absolute Gasteiger partial charge is 0.165 e. The number of nitrogens with two attached hydrogens (primary N) is 4. The lowest BCUT2D eigenvalue weighted by Crippen LogP contribution is -2.01. The first-order valence-electron chi connectivity index (χ1n) is 2.96. The van der Waals surface area contributed by atoms with E-state index in [4.69, 9.17) is 28.0 Å². The zero-order valence-electron chi connectivity index (χ0n) is 5.83. The number of hydrogen-bond acceptors (Lipinski definition) is 5. The fraction of sp³-hybridized carbons (Fsp3) is 0. The highest BCUT2D eigenvalue weighted by molar-refractivity contribution is 5.86. The number of phenols is 1. The predicted molar refractivity (Wildman–Crippen MR) is 45.8 cm³/mol. The molecule has 5 nitrogen and oxygen atoms in total. The zero-order valence-corrected chi connectivity index (χ0v) is 5.83. The molecule has 60 valence electrons. The Balaban J connectivity index is 3.46. The maximum absolute atomic E-state index is 9.16. The lowest BCUT2D eigenvalue weighted by molar-refractivity contribution is 0.481. The number of hydrogen-bond donors (Lipinski definition) is 5. The van der Waals surface area contributed by atoms with Crippen molar-refractivity contribution in [1.82, 2.24) is 0 Å². The molecule has 0 amide bonds. The van der Waals surface area contributed by atoms with Gasteiger partial charge in [0.05, 0.1) is 22.7 Å². The van der Waals surface area contributed by atoms with Crippen LogP contribution < -0.4 is 22.9 Å². The van der Waals surface area contributed by atoms with Crippen molar-refractivity contribution < 1.29 is 5.11 Å². The van der Waals surface area contributed by atoms with Crippen LogP contribution in [0.4, 0.5) is 22.7 Å². The first-order valence-corrected chi connectivity index (χ1v) is 2.96. The molecule has 0 unspecified atom stereocenters. The van der Waals surface area contributed by atoms with Gasteiger partial charge in [0.15, 0.2) is 5.75 Å². The van der Waals surface area contributed by atoms with Gasteiger partial charge in [0.25, 0.3) is 0 Å². The van der Waals surface area contributed by atoms with E-state index in [0.29, 0.717) is 0 Å². The lowest BCUT2D eigenvalue weighted by atomic mass is 10.2. The summed E-state index contributed by atoms with van der Waals surface area (Å²) in [4.78, 5) is 0. The first kappa shape index (κ1) is 7.33. The minimum atomic E-state index is -0.248. The molecule has 1 aromatic carbocycles. The molecule has 1 rings (SSSR count). The molecular weight excluding hydrogens is 144 g/mol. The predicted octanol–water partition coefficient (Wildman–Crippen LogP) is -0.279. The van der Waals surface area contributed by atoms with Gasteiger partial charge in [0.2, 0.25) is 0 Å². The van der Waals surface area contributed by atoms with Crippen LogP contribution in [0.25, 0.3) is 0 Å². The Hall–Kier alpha value is -1.78. The van der Waals surface area contributed by atoms with E-state index in [1.54, 1.807) is 0 Å². The Kier molecular flexibility index (Phi) is 1.41. The summed E-state index contributed by atoms with van der Waals surface area (Å²) >= 11 is 0. The molecule has 0 aliphatic heterocycles. The molecule has 11 heavy (non-hydrogen) atoms. The van der Waals surface area contributed by atoms with E-state index < -0.39 is 0 Å². The molecule has 0 fully saturated rings. The van der Waals surface area contributed by atoms with Crippen molar-refractivity contribution in [1.29, 1.82) is 0 Å². The van der Waals surface area contributed by atoms with Crippen molar-refractivity contribution in [3.05, 3.63) is 6.07 Å². The van der Waals surface area contributed by atoms with Crippen molar-refractivity contribution in [3.8, 4) is 5.75 Å². The second kappa shape index (κ2) is 2.12. The minimum Gasteiger partial charge on any atom is -0.504 e. The summed E-state index contributed by atoms with van der Waals surface area (Å²) in [5.41, 5.74) is 22.0. The molecule has 0 aromatic heterocycles. The van der Waals surface area contributed by atoms with Crippen molar-refractivity contribution >= 4 is 22.7 Å². The molecule has 0 atom stereocenters. The summed E-state index contributed by atoms with van der Waals surface area (Å²) in [6, 6.07) is 1.41. The van der Waals surface area contributed by atoms with Crippen LogP contribution in [0.3, 0.4) is 0 Å². The third kappa shape index (κ3) is 0.958. The quantitative estimate of drug-likeness (QED) is 0.259. The van der Waals surface area contributed by atoms with Gasteiger partial charge in [-0.2, -0.15) is 0 Å². The third-order valence-electron chi connectivity index (χ3n) is 1.44. The molecule has 1 aromatic rings. The van der Waals surface area contributed by atoms with Crippen molar-refractivity contribution in [2.24, 2.45) is 0 Å². The van der Waals surface area contributed by atoms with Crippen LogP contribution in [-0.4, -0.2) is 5.11 Å². The van der Waals surface area contributed by atoms with Crippen LogP contribution >= 0.6 is 0 Å². The molecule has 0 spiro atoms. The van der Waals surface area contributed by atoms with Gasteiger partial charge < -0.3 is 28.0 Å². The average molecular weight is 154 g/mol. The van der Waals surface area contributed by atoms with Crippen molar-refractivity contribution in [2.75, 3.05) is 22.9 Å². The van der Waals surface area contributed by atoms with Gasteiger partial charge in [0.1, 0.15) is 0 Å². The highest BCUT2D eigenvalue weighted by atomic mass is 16.3. The Morgan fingerprint density at radius 1 is 0.909 bits per heavy atom. The van der Waals surface area contributed by atoms with Crippen LogP contribution in [0.15, 0.2) is 6.07 Å². The van der Waals surface area contributed by atoms with E-state index in [-0.39, 0.29) is 28.5 Å². The Labute approximate surface area is 63.6 Å². The molecule has 0 aliphatic rings. The normalized spacial score (nSPS) is 9.82. The second-order valence-corrected chi connectivity index (χ2v) is 2.23. The Bertz CT molecular complexity index is 271. The zero-order chi connectivity index (χ0) is 8.59. The van der Waals surface area contributed by atoms with Crippen molar-refractivity contribution in [2.45, 2.75) is 0 Å². The van der Waals surface area contributed by atoms with Gasteiger partial charge in [-0.25, -0.2) is 0 Å². The maximum atomic E-state index is 9.16. The van der Waals surface area contributed by atoms with E-state index in [9.17, 15) is 0 Å². The monoisotopic (exact) mass is 154 g/mol. The molecule has 0 bridgehead atoms. The number of aromatic hydroxyl groups is 1.